The molecule has 27 heavy (non-hydrogen) atoms. The van der Waals surface area contributed by atoms with Gasteiger partial charge < -0.3 is 4.90 Å². The number of carbonyl (C=O) groups is 1. The fourth-order valence-electron chi connectivity index (χ4n) is 7.60. The van der Waals surface area contributed by atoms with Gasteiger partial charge in [0, 0.05) is 31.9 Å². The Morgan fingerprint density at radius 2 is 2.00 bits per heavy atom. The minimum Gasteiger partial charge on any atom is -0.339 e. The molecule has 1 aromatic rings. The fourth-order valence-corrected chi connectivity index (χ4v) is 7.60. The minimum atomic E-state index is 0.235. The molecule has 4 heteroatoms. The highest BCUT2D eigenvalue weighted by Gasteiger charge is 2.60. The summed E-state index contributed by atoms with van der Waals surface area (Å²) in [7, 11) is 0. The lowest BCUT2D eigenvalue weighted by Crippen LogP contribution is -2.54. The van der Waals surface area contributed by atoms with Crippen molar-refractivity contribution in [3.63, 3.8) is 0 Å². The minimum absolute atomic E-state index is 0.235. The maximum atomic E-state index is 12.1. The van der Waals surface area contributed by atoms with Crippen molar-refractivity contribution in [3.05, 3.63) is 30.4 Å². The summed E-state index contributed by atoms with van der Waals surface area (Å²) in [6, 6.07) is 0.467. The van der Waals surface area contributed by atoms with Crippen molar-refractivity contribution in [3.8, 4) is 0 Å². The van der Waals surface area contributed by atoms with E-state index >= 15 is 0 Å². The van der Waals surface area contributed by atoms with E-state index in [1.165, 1.54) is 44.1 Å². The number of rotatable bonds is 1. The molecule has 6 unspecified atom stereocenters. The Labute approximate surface area is 162 Å². The zero-order valence-corrected chi connectivity index (χ0v) is 16.8. The Hall–Kier alpha value is -1.71. The molecule has 1 aliphatic heterocycles. The molecule has 0 radical (unpaired) electrons. The first-order valence-electron chi connectivity index (χ1n) is 10.7. The maximum Gasteiger partial charge on any atom is 0.219 e. The third-order valence-electron chi connectivity index (χ3n) is 8.91. The number of nitrogens with zero attached hydrogens (tertiary/aromatic N) is 3. The molecule has 6 atom stereocenters. The van der Waals surface area contributed by atoms with Crippen LogP contribution in [0.1, 0.15) is 65.0 Å². The SMILES string of the molecule is CC(=O)N1CCC2(C)C3CCC4(C)C(c5cnccn5)=CCC4C3CCC12. The van der Waals surface area contributed by atoms with Crippen molar-refractivity contribution in [2.45, 2.75) is 65.3 Å². The summed E-state index contributed by atoms with van der Waals surface area (Å²) >= 11 is 0. The van der Waals surface area contributed by atoms with Crippen LogP contribution >= 0.6 is 0 Å². The van der Waals surface area contributed by atoms with Crippen molar-refractivity contribution in [2.24, 2.45) is 28.6 Å². The average Bonchev–Trinajstić information content (AvgIpc) is 3.19. The fraction of sp³-hybridized carbons (Fsp3) is 0.696. The molecular weight excluding hydrogens is 334 g/mol. The van der Waals surface area contributed by atoms with Crippen LogP contribution in [0.5, 0.6) is 0 Å². The molecule has 4 aliphatic rings. The molecular formula is C23H31N3O. The van der Waals surface area contributed by atoms with E-state index in [9.17, 15) is 4.79 Å². The van der Waals surface area contributed by atoms with Gasteiger partial charge in [-0.05, 0) is 72.7 Å². The molecule has 5 rings (SSSR count). The first-order chi connectivity index (χ1) is 12.9. The Morgan fingerprint density at radius 3 is 2.74 bits per heavy atom. The van der Waals surface area contributed by atoms with Gasteiger partial charge in [0.15, 0.2) is 0 Å². The molecule has 1 saturated heterocycles. The molecule has 0 N–H and O–H groups in total. The molecule has 2 saturated carbocycles. The largest absolute Gasteiger partial charge is 0.339 e. The molecule has 1 aromatic heterocycles. The number of hydrogen-bond donors (Lipinski definition) is 0. The number of allylic oxidation sites excluding steroid dienone is 2. The number of amides is 1. The lowest BCUT2D eigenvalue weighted by molar-refractivity contribution is -0.134. The first kappa shape index (κ1) is 17.4. The van der Waals surface area contributed by atoms with Crippen molar-refractivity contribution < 1.29 is 4.79 Å². The van der Waals surface area contributed by atoms with Crippen molar-refractivity contribution in [1.82, 2.24) is 14.9 Å². The van der Waals surface area contributed by atoms with Crippen molar-refractivity contribution in [1.29, 1.82) is 0 Å². The molecule has 0 spiro atoms. The average molecular weight is 366 g/mol. The monoisotopic (exact) mass is 365 g/mol. The van der Waals surface area contributed by atoms with E-state index < -0.39 is 0 Å². The lowest BCUT2D eigenvalue weighted by Gasteiger charge is -2.57. The van der Waals surface area contributed by atoms with Crippen molar-refractivity contribution >= 4 is 11.5 Å². The third kappa shape index (κ3) is 2.31. The van der Waals surface area contributed by atoms with E-state index in [1.807, 2.05) is 12.4 Å². The number of carbonyl (C=O) groups excluding carboxylic acids is 1. The van der Waals surface area contributed by atoms with Crippen LogP contribution < -0.4 is 0 Å². The van der Waals surface area contributed by atoms with E-state index in [0.717, 1.165) is 30.0 Å². The Bertz CT molecular complexity index is 790. The van der Waals surface area contributed by atoms with Gasteiger partial charge >= 0.3 is 0 Å². The zero-order chi connectivity index (χ0) is 18.8. The van der Waals surface area contributed by atoms with Gasteiger partial charge in [0.2, 0.25) is 5.91 Å². The summed E-state index contributed by atoms with van der Waals surface area (Å²) in [5.41, 5.74) is 3.05. The summed E-state index contributed by atoms with van der Waals surface area (Å²) in [4.78, 5) is 23.3. The van der Waals surface area contributed by atoms with Crippen LogP contribution in [0.2, 0.25) is 0 Å². The molecule has 2 heterocycles. The Balaban J connectivity index is 1.44. The number of aromatic nitrogens is 2. The van der Waals surface area contributed by atoms with Crippen LogP contribution in [0.4, 0.5) is 0 Å². The first-order valence-corrected chi connectivity index (χ1v) is 10.7. The molecule has 3 aliphatic carbocycles. The zero-order valence-electron chi connectivity index (χ0n) is 16.8. The molecule has 144 valence electrons. The van der Waals surface area contributed by atoms with Gasteiger partial charge in [-0.15, -0.1) is 0 Å². The quantitative estimate of drug-likeness (QED) is 0.744. The van der Waals surface area contributed by atoms with E-state index in [1.54, 1.807) is 13.1 Å². The summed E-state index contributed by atoms with van der Waals surface area (Å²) in [5.74, 6) is 2.53. The predicted octanol–water partition coefficient (Wildman–Crippen LogP) is 4.33. The van der Waals surface area contributed by atoms with E-state index in [2.05, 4.69) is 34.8 Å². The number of fused-ring (bicyclic) bond motifs is 5. The summed E-state index contributed by atoms with van der Waals surface area (Å²) in [6.07, 6.45) is 15.3. The third-order valence-corrected chi connectivity index (χ3v) is 8.91. The summed E-state index contributed by atoms with van der Waals surface area (Å²) < 4.78 is 0. The second-order valence-corrected chi connectivity index (χ2v) is 9.84. The standard InChI is InChI=1S/C23H31N3O/c1-15(27)26-13-10-23(3)18-8-9-22(2)17(16(18)4-7-21(23)26)5-6-19(22)20-14-24-11-12-25-20/h6,11-12,14,16-18,21H,4-5,7-10,13H2,1-3H3. The predicted molar refractivity (Wildman–Crippen MR) is 106 cm³/mol. The number of likely N-dealkylation sites (tertiary alicyclic amines) is 1. The van der Waals surface area contributed by atoms with Gasteiger partial charge in [-0.3, -0.25) is 14.8 Å². The van der Waals surface area contributed by atoms with Crippen LogP contribution in [0, 0.1) is 28.6 Å². The Kier molecular flexibility index (Phi) is 3.80. The second kappa shape index (κ2) is 5.89. The van der Waals surface area contributed by atoms with Gasteiger partial charge in [0.05, 0.1) is 11.9 Å². The topological polar surface area (TPSA) is 46.1 Å². The van der Waals surface area contributed by atoms with Crippen LogP contribution in [-0.4, -0.2) is 33.4 Å². The summed E-state index contributed by atoms with van der Waals surface area (Å²) in [5, 5.41) is 0. The van der Waals surface area contributed by atoms with Gasteiger partial charge in [-0.2, -0.15) is 0 Å². The lowest BCUT2D eigenvalue weighted by atomic mass is 9.48. The summed E-state index contributed by atoms with van der Waals surface area (Å²) in [6.45, 7) is 7.69. The van der Waals surface area contributed by atoms with E-state index in [0.29, 0.717) is 11.5 Å². The van der Waals surface area contributed by atoms with Gasteiger partial charge in [-0.1, -0.05) is 19.9 Å². The highest BCUT2D eigenvalue weighted by atomic mass is 16.2. The maximum absolute atomic E-state index is 12.1. The van der Waals surface area contributed by atoms with Gasteiger partial charge in [0.1, 0.15) is 0 Å². The highest BCUT2D eigenvalue weighted by molar-refractivity contribution is 5.74. The van der Waals surface area contributed by atoms with Crippen LogP contribution in [0.25, 0.3) is 5.57 Å². The van der Waals surface area contributed by atoms with E-state index in [-0.39, 0.29) is 11.3 Å². The molecule has 3 fully saturated rings. The van der Waals surface area contributed by atoms with Crippen LogP contribution in [0.3, 0.4) is 0 Å². The molecule has 1 amide bonds. The second-order valence-electron chi connectivity index (χ2n) is 9.84. The normalized spacial score (nSPS) is 42.9. The van der Waals surface area contributed by atoms with Crippen molar-refractivity contribution in [2.75, 3.05) is 6.54 Å². The molecule has 4 nitrogen and oxygen atoms in total. The molecule has 0 bridgehead atoms. The van der Waals surface area contributed by atoms with E-state index in [4.69, 9.17) is 0 Å². The van der Waals surface area contributed by atoms with Crippen LogP contribution in [0.15, 0.2) is 24.7 Å². The van der Waals surface area contributed by atoms with Gasteiger partial charge in [0.25, 0.3) is 0 Å². The Morgan fingerprint density at radius 1 is 1.15 bits per heavy atom. The van der Waals surface area contributed by atoms with Crippen LogP contribution in [-0.2, 0) is 4.79 Å². The highest BCUT2D eigenvalue weighted by Crippen LogP contribution is 2.66. The smallest absolute Gasteiger partial charge is 0.219 e. The molecule has 0 aromatic carbocycles. The van der Waals surface area contributed by atoms with Gasteiger partial charge in [-0.25, -0.2) is 0 Å². The number of hydrogen-bond acceptors (Lipinski definition) is 3.